The van der Waals surface area contributed by atoms with E-state index in [9.17, 15) is 4.79 Å². The summed E-state index contributed by atoms with van der Waals surface area (Å²) in [7, 11) is 1.78. The van der Waals surface area contributed by atoms with Crippen molar-refractivity contribution < 1.29 is 4.79 Å². The maximum atomic E-state index is 12.6. The van der Waals surface area contributed by atoms with E-state index in [1.165, 1.54) is 0 Å². The molecule has 0 saturated heterocycles. The SMILES string of the molecule is CCCn1nc(C)cc1NC(=O)c1cc(-c2cccs2)nn1C. The van der Waals surface area contributed by atoms with E-state index in [0.717, 1.165) is 29.2 Å². The van der Waals surface area contributed by atoms with E-state index in [-0.39, 0.29) is 5.91 Å². The van der Waals surface area contributed by atoms with Crippen LogP contribution >= 0.6 is 11.3 Å². The number of anilines is 1. The molecule has 3 rings (SSSR count). The third kappa shape index (κ3) is 3.19. The third-order valence-corrected chi connectivity index (χ3v) is 4.36. The fraction of sp³-hybridized carbons (Fsp3) is 0.312. The summed E-state index contributed by atoms with van der Waals surface area (Å²) in [5.74, 6) is 0.535. The first-order valence-corrected chi connectivity index (χ1v) is 8.40. The molecule has 1 N–H and O–H groups in total. The maximum Gasteiger partial charge on any atom is 0.275 e. The molecular weight excluding hydrogens is 310 g/mol. The van der Waals surface area contributed by atoms with E-state index in [2.05, 4.69) is 22.4 Å². The highest BCUT2D eigenvalue weighted by Gasteiger charge is 2.17. The molecule has 0 atom stereocenters. The van der Waals surface area contributed by atoms with Gasteiger partial charge in [-0.3, -0.25) is 9.48 Å². The molecule has 0 spiro atoms. The van der Waals surface area contributed by atoms with Crippen molar-refractivity contribution in [3.05, 3.63) is 41.0 Å². The van der Waals surface area contributed by atoms with Crippen LogP contribution in [0.3, 0.4) is 0 Å². The lowest BCUT2D eigenvalue weighted by molar-refractivity contribution is 0.101. The molecule has 120 valence electrons. The van der Waals surface area contributed by atoms with Crippen LogP contribution in [0.2, 0.25) is 0 Å². The molecule has 0 aliphatic rings. The van der Waals surface area contributed by atoms with Crippen LogP contribution in [0.15, 0.2) is 29.6 Å². The normalized spacial score (nSPS) is 10.9. The zero-order valence-electron chi connectivity index (χ0n) is 13.4. The van der Waals surface area contributed by atoms with E-state index in [4.69, 9.17) is 0 Å². The molecule has 6 nitrogen and oxygen atoms in total. The second-order valence-electron chi connectivity index (χ2n) is 5.36. The van der Waals surface area contributed by atoms with Crippen LogP contribution in [0.25, 0.3) is 10.6 Å². The van der Waals surface area contributed by atoms with E-state index in [1.54, 1.807) is 23.1 Å². The Labute approximate surface area is 138 Å². The Morgan fingerprint density at radius 3 is 2.87 bits per heavy atom. The number of aromatic nitrogens is 4. The first kappa shape index (κ1) is 15.5. The molecule has 0 unspecified atom stereocenters. The van der Waals surface area contributed by atoms with Crippen molar-refractivity contribution in [2.75, 3.05) is 5.32 Å². The fourth-order valence-electron chi connectivity index (χ4n) is 2.43. The summed E-state index contributed by atoms with van der Waals surface area (Å²) in [6.45, 7) is 4.77. The number of nitrogens with zero attached hydrogens (tertiary/aromatic N) is 4. The molecule has 1 amide bonds. The van der Waals surface area contributed by atoms with E-state index >= 15 is 0 Å². The zero-order chi connectivity index (χ0) is 16.4. The lowest BCUT2D eigenvalue weighted by atomic mass is 10.3. The minimum Gasteiger partial charge on any atom is -0.305 e. The standard InChI is InChI=1S/C16H19N5OS/c1-4-7-21-15(9-11(2)18-21)17-16(22)13-10-12(19-20(13)3)14-6-5-8-23-14/h5-6,8-10H,4,7H2,1-3H3,(H,17,22). The Morgan fingerprint density at radius 1 is 1.35 bits per heavy atom. The van der Waals surface area contributed by atoms with Gasteiger partial charge in [-0.2, -0.15) is 10.2 Å². The maximum absolute atomic E-state index is 12.6. The first-order valence-electron chi connectivity index (χ1n) is 7.52. The monoisotopic (exact) mass is 329 g/mol. The van der Waals surface area contributed by atoms with Crippen molar-refractivity contribution in [3.63, 3.8) is 0 Å². The van der Waals surface area contributed by atoms with Gasteiger partial charge in [0.2, 0.25) is 0 Å². The number of aryl methyl sites for hydroxylation is 3. The summed E-state index contributed by atoms with van der Waals surface area (Å²) >= 11 is 1.60. The second-order valence-corrected chi connectivity index (χ2v) is 6.31. The van der Waals surface area contributed by atoms with Gasteiger partial charge in [0.25, 0.3) is 5.91 Å². The minimum atomic E-state index is -0.181. The molecule has 0 aromatic carbocycles. The summed E-state index contributed by atoms with van der Waals surface area (Å²) in [5.41, 5.74) is 2.22. The van der Waals surface area contributed by atoms with Gasteiger partial charge in [0.1, 0.15) is 17.2 Å². The van der Waals surface area contributed by atoms with Gasteiger partial charge in [0.15, 0.2) is 0 Å². The van der Waals surface area contributed by atoms with Crippen LogP contribution in [-0.4, -0.2) is 25.5 Å². The highest BCUT2D eigenvalue weighted by Crippen LogP contribution is 2.24. The Kier molecular flexibility index (Phi) is 4.29. The van der Waals surface area contributed by atoms with Crippen molar-refractivity contribution in [2.45, 2.75) is 26.8 Å². The molecular formula is C16H19N5OS. The van der Waals surface area contributed by atoms with Crippen molar-refractivity contribution in [3.8, 4) is 10.6 Å². The number of nitrogens with one attached hydrogen (secondary N) is 1. The smallest absolute Gasteiger partial charge is 0.275 e. The molecule has 0 bridgehead atoms. The van der Waals surface area contributed by atoms with Crippen molar-refractivity contribution in [1.82, 2.24) is 19.6 Å². The van der Waals surface area contributed by atoms with Crippen LogP contribution in [0.4, 0.5) is 5.82 Å². The van der Waals surface area contributed by atoms with Crippen molar-refractivity contribution >= 4 is 23.1 Å². The number of carbonyl (C=O) groups is 1. The van der Waals surface area contributed by atoms with Gasteiger partial charge in [-0.25, -0.2) is 4.68 Å². The number of hydrogen-bond donors (Lipinski definition) is 1. The molecule has 3 heterocycles. The number of rotatable bonds is 5. The Morgan fingerprint density at radius 2 is 2.17 bits per heavy atom. The predicted molar refractivity (Wildman–Crippen MR) is 91.7 cm³/mol. The molecule has 0 fully saturated rings. The van der Waals surface area contributed by atoms with Gasteiger partial charge < -0.3 is 5.32 Å². The van der Waals surface area contributed by atoms with Crippen LogP contribution in [0.5, 0.6) is 0 Å². The molecule has 0 aliphatic carbocycles. The first-order chi connectivity index (χ1) is 11.1. The van der Waals surface area contributed by atoms with Crippen LogP contribution < -0.4 is 5.32 Å². The molecule has 7 heteroatoms. The number of carbonyl (C=O) groups excluding carboxylic acids is 1. The van der Waals surface area contributed by atoms with E-state index in [1.807, 2.05) is 41.3 Å². The Bertz CT molecular complexity index is 816. The van der Waals surface area contributed by atoms with Crippen molar-refractivity contribution in [1.29, 1.82) is 0 Å². The summed E-state index contributed by atoms with van der Waals surface area (Å²) in [5, 5.41) is 13.8. The molecule has 3 aromatic heterocycles. The molecule has 3 aromatic rings. The zero-order valence-corrected chi connectivity index (χ0v) is 14.2. The van der Waals surface area contributed by atoms with Gasteiger partial charge in [-0.05, 0) is 30.9 Å². The van der Waals surface area contributed by atoms with Gasteiger partial charge in [-0.15, -0.1) is 11.3 Å². The van der Waals surface area contributed by atoms with Crippen LogP contribution in [-0.2, 0) is 13.6 Å². The fourth-order valence-corrected chi connectivity index (χ4v) is 3.11. The summed E-state index contributed by atoms with van der Waals surface area (Å²) in [6.07, 6.45) is 0.957. The van der Waals surface area contributed by atoms with Gasteiger partial charge >= 0.3 is 0 Å². The third-order valence-electron chi connectivity index (χ3n) is 3.47. The topological polar surface area (TPSA) is 64.7 Å². The quantitative estimate of drug-likeness (QED) is 0.781. The molecule has 0 radical (unpaired) electrons. The van der Waals surface area contributed by atoms with Crippen molar-refractivity contribution in [2.24, 2.45) is 7.05 Å². The van der Waals surface area contributed by atoms with Crippen LogP contribution in [0, 0.1) is 6.92 Å². The lowest BCUT2D eigenvalue weighted by Crippen LogP contribution is -2.18. The summed E-state index contributed by atoms with van der Waals surface area (Å²) < 4.78 is 3.43. The highest BCUT2D eigenvalue weighted by molar-refractivity contribution is 7.13. The lowest BCUT2D eigenvalue weighted by Gasteiger charge is -2.07. The minimum absolute atomic E-state index is 0.181. The molecule has 0 aliphatic heterocycles. The average molecular weight is 329 g/mol. The number of thiophene rings is 1. The summed E-state index contributed by atoms with van der Waals surface area (Å²) in [6, 6.07) is 7.66. The number of amides is 1. The van der Waals surface area contributed by atoms with E-state index < -0.39 is 0 Å². The Balaban J connectivity index is 1.84. The largest absolute Gasteiger partial charge is 0.305 e. The summed E-state index contributed by atoms with van der Waals surface area (Å²) in [4.78, 5) is 13.6. The molecule has 23 heavy (non-hydrogen) atoms. The van der Waals surface area contributed by atoms with Gasteiger partial charge in [0.05, 0.1) is 10.6 Å². The Hall–Kier alpha value is -2.41. The highest BCUT2D eigenvalue weighted by atomic mass is 32.1. The predicted octanol–water partition coefficient (Wildman–Crippen LogP) is 3.32. The number of hydrogen-bond acceptors (Lipinski definition) is 4. The van der Waals surface area contributed by atoms with Gasteiger partial charge in [0, 0.05) is 19.7 Å². The average Bonchev–Trinajstić information content (AvgIpc) is 3.20. The van der Waals surface area contributed by atoms with E-state index in [0.29, 0.717) is 11.5 Å². The van der Waals surface area contributed by atoms with Crippen LogP contribution in [0.1, 0.15) is 29.5 Å². The van der Waals surface area contributed by atoms with Gasteiger partial charge in [-0.1, -0.05) is 13.0 Å². The second kappa shape index (κ2) is 6.37. The molecule has 0 saturated carbocycles.